The van der Waals surface area contributed by atoms with Crippen LogP contribution in [0.5, 0.6) is 0 Å². The van der Waals surface area contributed by atoms with Crippen molar-refractivity contribution in [2.24, 2.45) is 11.6 Å². The standard InChI is InChI=1S/C8H17N3O3.C2H6/c1-7(13)8(9)6-11(10)2-4-14-5-3-12;1-2/h6,12H,2-5,9-10H2,1H3;1-2H3/b8-6-;. The predicted molar refractivity (Wildman–Crippen MR) is 63.1 cm³/mol. The van der Waals surface area contributed by atoms with Crippen LogP contribution in [0, 0.1) is 0 Å². The Morgan fingerprint density at radius 3 is 2.44 bits per heavy atom. The van der Waals surface area contributed by atoms with E-state index >= 15 is 0 Å². The predicted octanol–water partition coefficient (Wildman–Crippen LogP) is -0.414. The molecule has 0 aromatic heterocycles. The van der Waals surface area contributed by atoms with E-state index in [2.05, 4.69) is 0 Å². The van der Waals surface area contributed by atoms with Crippen molar-refractivity contribution in [2.75, 3.05) is 26.4 Å². The minimum absolute atomic E-state index is 0.0179. The molecule has 0 aliphatic heterocycles. The second kappa shape index (κ2) is 12.0. The molecule has 0 saturated heterocycles. The number of aliphatic hydroxyl groups is 1. The van der Waals surface area contributed by atoms with Gasteiger partial charge in [-0.25, -0.2) is 5.84 Å². The second-order valence-corrected chi connectivity index (χ2v) is 2.71. The number of ketones is 1. The Morgan fingerprint density at radius 2 is 2.00 bits per heavy atom. The highest BCUT2D eigenvalue weighted by Crippen LogP contribution is 1.88. The van der Waals surface area contributed by atoms with Crippen LogP contribution in [0.4, 0.5) is 0 Å². The zero-order valence-corrected chi connectivity index (χ0v) is 10.3. The molecule has 6 heteroatoms. The maximum atomic E-state index is 10.7. The highest BCUT2D eigenvalue weighted by molar-refractivity contribution is 5.92. The van der Waals surface area contributed by atoms with Crippen LogP contribution in [0.25, 0.3) is 0 Å². The number of ether oxygens (including phenoxy) is 1. The maximum Gasteiger partial charge on any atom is 0.176 e. The molecule has 96 valence electrons. The first-order valence-electron chi connectivity index (χ1n) is 5.26. The largest absolute Gasteiger partial charge is 0.395 e. The molecule has 0 aromatic rings. The quantitative estimate of drug-likeness (QED) is 0.239. The molecule has 0 aromatic carbocycles. The van der Waals surface area contributed by atoms with Gasteiger partial charge < -0.3 is 20.6 Å². The molecule has 0 bridgehead atoms. The molecular weight excluding hydrogens is 210 g/mol. The van der Waals surface area contributed by atoms with Crippen molar-refractivity contribution in [1.82, 2.24) is 5.01 Å². The van der Waals surface area contributed by atoms with Crippen LogP contribution in [-0.2, 0) is 9.53 Å². The van der Waals surface area contributed by atoms with E-state index in [0.717, 1.165) is 0 Å². The summed E-state index contributed by atoms with van der Waals surface area (Å²) in [5.41, 5.74) is 5.46. The zero-order valence-electron chi connectivity index (χ0n) is 10.3. The molecule has 0 rings (SSSR count). The summed E-state index contributed by atoms with van der Waals surface area (Å²) in [6.45, 7) is 6.41. The van der Waals surface area contributed by atoms with Crippen LogP contribution >= 0.6 is 0 Å². The lowest BCUT2D eigenvalue weighted by Crippen LogP contribution is -2.31. The summed E-state index contributed by atoms with van der Waals surface area (Å²) in [4.78, 5) is 10.7. The Hall–Kier alpha value is -1.11. The molecule has 6 nitrogen and oxygen atoms in total. The summed E-state index contributed by atoms with van der Waals surface area (Å²) in [5, 5.41) is 9.68. The first-order valence-corrected chi connectivity index (χ1v) is 5.26. The monoisotopic (exact) mass is 233 g/mol. The number of nitrogens with two attached hydrogens (primary N) is 2. The summed E-state index contributed by atoms with van der Waals surface area (Å²) in [6.07, 6.45) is 1.35. The van der Waals surface area contributed by atoms with Gasteiger partial charge in [0.05, 0.1) is 32.1 Å². The van der Waals surface area contributed by atoms with Gasteiger partial charge in [-0.15, -0.1) is 0 Å². The normalized spacial score (nSPS) is 10.4. The third-order valence-electron chi connectivity index (χ3n) is 1.44. The SMILES string of the molecule is CC.CC(=O)/C(N)=C/N(N)CCOCCO. The van der Waals surface area contributed by atoms with E-state index < -0.39 is 0 Å². The third kappa shape index (κ3) is 11.0. The minimum atomic E-state index is -0.225. The van der Waals surface area contributed by atoms with Crippen molar-refractivity contribution in [3.63, 3.8) is 0 Å². The van der Waals surface area contributed by atoms with Gasteiger partial charge in [0.1, 0.15) is 0 Å². The van der Waals surface area contributed by atoms with Crippen LogP contribution in [0.15, 0.2) is 11.9 Å². The van der Waals surface area contributed by atoms with E-state index in [0.29, 0.717) is 13.2 Å². The minimum Gasteiger partial charge on any atom is -0.395 e. The lowest BCUT2D eigenvalue weighted by molar-refractivity contribution is -0.113. The summed E-state index contributed by atoms with van der Waals surface area (Å²) in [7, 11) is 0. The summed E-state index contributed by atoms with van der Waals surface area (Å²) in [6, 6.07) is 0. The summed E-state index contributed by atoms with van der Waals surface area (Å²) < 4.78 is 4.97. The Balaban J connectivity index is 0. The molecule has 0 fully saturated rings. The molecule has 0 heterocycles. The molecular formula is C10H23N3O3. The number of Topliss-reactive ketones (excluding diaryl/α,β-unsaturated/α-hetero) is 1. The first-order chi connectivity index (χ1) is 7.57. The van der Waals surface area contributed by atoms with Crippen molar-refractivity contribution in [3.05, 3.63) is 11.9 Å². The number of carbonyl (C=O) groups excluding carboxylic acids is 1. The van der Waals surface area contributed by atoms with Gasteiger partial charge in [0.2, 0.25) is 0 Å². The van der Waals surface area contributed by atoms with Gasteiger partial charge in [-0.05, 0) is 0 Å². The fourth-order valence-electron chi connectivity index (χ4n) is 0.671. The number of nitrogens with zero attached hydrogens (tertiary/aromatic N) is 1. The average molecular weight is 233 g/mol. The van der Waals surface area contributed by atoms with Gasteiger partial charge in [0.15, 0.2) is 5.78 Å². The van der Waals surface area contributed by atoms with Gasteiger partial charge in [0, 0.05) is 13.1 Å². The van der Waals surface area contributed by atoms with E-state index in [1.165, 1.54) is 18.1 Å². The van der Waals surface area contributed by atoms with Crippen LogP contribution in [0.1, 0.15) is 20.8 Å². The molecule has 0 atom stereocenters. The number of aliphatic hydroxyl groups excluding tert-OH is 1. The molecule has 16 heavy (non-hydrogen) atoms. The number of hydrogen-bond acceptors (Lipinski definition) is 6. The summed E-state index contributed by atoms with van der Waals surface area (Å²) >= 11 is 0. The van der Waals surface area contributed by atoms with Gasteiger partial charge in [-0.3, -0.25) is 4.79 Å². The van der Waals surface area contributed by atoms with Crippen molar-refractivity contribution < 1.29 is 14.6 Å². The molecule has 0 amide bonds. The van der Waals surface area contributed by atoms with Crippen molar-refractivity contribution in [2.45, 2.75) is 20.8 Å². The summed E-state index contributed by atoms with van der Waals surface area (Å²) in [5.74, 6) is 5.25. The number of rotatable bonds is 7. The topological polar surface area (TPSA) is 102 Å². The Kier molecular flexibility index (Phi) is 12.9. The number of allylic oxidation sites excluding steroid dienone is 1. The van der Waals surface area contributed by atoms with Crippen molar-refractivity contribution in [3.8, 4) is 0 Å². The average Bonchev–Trinajstić information content (AvgIpc) is 2.27. The van der Waals surface area contributed by atoms with Crippen LogP contribution in [-0.4, -0.2) is 42.3 Å². The molecule has 0 aliphatic carbocycles. The molecule has 0 spiro atoms. The van der Waals surface area contributed by atoms with Gasteiger partial charge in [0.25, 0.3) is 0 Å². The zero-order chi connectivity index (χ0) is 13.0. The van der Waals surface area contributed by atoms with Crippen molar-refractivity contribution >= 4 is 5.78 Å². The molecule has 0 unspecified atom stereocenters. The second-order valence-electron chi connectivity index (χ2n) is 2.71. The highest BCUT2D eigenvalue weighted by Gasteiger charge is 1.99. The van der Waals surface area contributed by atoms with Gasteiger partial charge in [-0.2, -0.15) is 0 Å². The Labute approximate surface area is 96.8 Å². The molecule has 0 radical (unpaired) electrons. The lowest BCUT2D eigenvalue weighted by Gasteiger charge is -2.13. The fraction of sp³-hybridized carbons (Fsp3) is 0.700. The molecule has 5 N–H and O–H groups in total. The van der Waals surface area contributed by atoms with Crippen LogP contribution < -0.4 is 11.6 Å². The van der Waals surface area contributed by atoms with E-state index in [4.69, 9.17) is 21.4 Å². The fourth-order valence-corrected chi connectivity index (χ4v) is 0.671. The third-order valence-corrected chi connectivity index (χ3v) is 1.44. The van der Waals surface area contributed by atoms with E-state index in [-0.39, 0.29) is 24.7 Å². The maximum absolute atomic E-state index is 10.7. The Bertz CT molecular complexity index is 207. The van der Waals surface area contributed by atoms with Gasteiger partial charge >= 0.3 is 0 Å². The molecule has 0 saturated carbocycles. The van der Waals surface area contributed by atoms with Crippen molar-refractivity contribution in [1.29, 1.82) is 0 Å². The number of carbonyl (C=O) groups is 1. The number of hydrazine groups is 1. The smallest absolute Gasteiger partial charge is 0.176 e. The van der Waals surface area contributed by atoms with Crippen LogP contribution in [0.2, 0.25) is 0 Å². The highest BCUT2D eigenvalue weighted by atomic mass is 16.5. The van der Waals surface area contributed by atoms with E-state index in [1.807, 2.05) is 13.8 Å². The van der Waals surface area contributed by atoms with E-state index in [9.17, 15) is 4.79 Å². The Morgan fingerprint density at radius 1 is 1.44 bits per heavy atom. The van der Waals surface area contributed by atoms with E-state index in [1.54, 1.807) is 0 Å². The number of hydrogen-bond donors (Lipinski definition) is 3. The molecule has 0 aliphatic rings. The van der Waals surface area contributed by atoms with Crippen LogP contribution in [0.3, 0.4) is 0 Å². The first kappa shape index (κ1) is 17.3. The van der Waals surface area contributed by atoms with Gasteiger partial charge in [-0.1, -0.05) is 13.8 Å². The lowest BCUT2D eigenvalue weighted by atomic mass is 10.3.